The van der Waals surface area contributed by atoms with Crippen LogP contribution >= 0.6 is 0 Å². The Morgan fingerprint density at radius 1 is 1.21 bits per heavy atom. The van der Waals surface area contributed by atoms with Gasteiger partial charge in [-0.2, -0.15) is 4.31 Å². The Bertz CT molecular complexity index is 1150. The number of aromatic nitrogens is 2. The summed E-state index contributed by atoms with van der Waals surface area (Å²) in [5.41, 5.74) is 0.496. The molecule has 0 saturated carbocycles. The van der Waals surface area contributed by atoms with E-state index in [0.717, 1.165) is 0 Å². The van der Waals surface area contributed by atoms with E-state index in [2.05, 4.69) is 10.3 Å². The van der Waals surface area contributed by atoms with Gasteiger partial charge in [0.25, 0.3) is 15.9 Å². The first-order valence-corrected chi connectivity index (χ1v) is 12.0. The summed E-state index contributed by atoms with van der Waals surface area (Å²) < 4.78 is 44.5. The van der Waals surface area contributed by atoms with Gasteiger partial charge in [0.2, 0.25) is 6.79 Å². The lowest BCUT2D eigenvalue weighted by Gasteiger charge is -2.30. The number of carbonyl (C=O) groups excluding carboxylic acids is 2. The number of aryl methyl sites for hydroxylation is 2. The number of imidazole rings is 1. The molecule has 0 aliphatic carbocycles. The van der Waals surface area contributed by atoms with Crippen LogP contribution in [0.15, 0.2) is 29.4 Å². The van der Waals surface area contributed by atoms with Crippen LogP contribution in [0.1, 0.15) is 25.6 Å². The number of amides is 1. The third kappa shape index (κ3) is 4.81. The SMILES string of the molecule is Cc1nc(S(=O)(=O)N2CCC(C(=O)OC(C)C(=O)Nc3ccc4c(c3)OCO4)CC2)cn1C. The maximum Gasteiger partial charge on any atom is 0.309 e. The lowest BCUT2D eigenvalue weighted by Crippen LogP contribution is -2.41. The van der Waals surface area contributed by atoms with Crippen LogP contribution in [0.3, 0.4) is 0 Å². The topological polar surface area (TPSA) is 129 Å². The maximum absolute atomic E-state index is 12.8. The predicted octanol–water partition coefficient (Wildman–Crippen LogP) is 1.43. The van der Waals surface area contributed by atoms with E-state index in [1.807, 2.05) is 0 Å². The first kappa shape index (κ1) is 23.1. The second-order valence-electron chi connectivity index (χ2n) is 8.05. The van der Waals surface area contributed by atoms with Gasteiger partial charge in [-0.3, -0.25) is 9.59 Å². The van der Waals surface area contributed by atoms with Gasteiger partial charge in [0, 0.05) is 38.1 Å². The van der Waals surface area contributed by atoms with Crippen molar-refractivity contribution < 1.29 is 32.2 Å². The standard InChI is InChI=1S/C21H26N4O7S/c1-13(20(26)23-16-4-5-17-18(10-16)31-12-30-17)32-21(27)15-6-8-25(9-7-15)33(28,29)19-11-24(3)14(2)22-19/h4-5,10-11,13,15H,6-9,12H2,1-3H3,(H,23,26). The van der Waals surface area contributed by atoms with Gasteiger partial charge in [-0.15, -0.1) is 0 Å². The zero-order valence-electron chi connectivity index (χ0n) is 18.6. The molecule has 1 aromatic carbocycles. The smallest absolute Gasteiger partial charge is 0.309 e. The lowest BCUT2D eigenvalue weighted by atomic mass is 9.98. The number of anilines is 1. The number of sulfonamides is 1. The molecule has 1 atom stereocenters. The predicted molar refractivity (Wildman–Crippen MR) is 116 cm³/mol. The molecule has 178 valence electrons. The van der Waals surface area contributed by atoms with Crippen molar-refractivity contribution in [1.82, 2.24) is 13.9 Å². The summed E-state index contributed by atoms with van der Waals surface area (Å²) in [6.07, 6.45) is 1.08. The number of ether oxygens (including phenoxy) is 3. The summed E-state index contributed by atoms with van der Waals surface area (Å²) in [6.45, 7) is 3.70. The van der Waals surface area contributed by atoms with Gasteiger partial charge in [-0.1, -0.05) is 0 Å². The van der Waals surface area contributed by atoms with E-state index in [9.17, 15) is 18.0 Å². The normalized spacial score (nSPS) is 17.5. The molecule has 2 aliphatic rings. The van der Waals surface area contributed by atoms with Gasteiger partial charge in [0.15, 0.2) is 22.6 Å². The number of benzene rings is 1. The van der Waals surface area contributed by atoms with Crippen molar-refractivity contribution in [2.75, 3.05) is 25.2 Å². The summed E-state index contributed by atoms with van der Waals surface area (Å²) in [5.74, 6) is 0.239. The average molecular weight is 479 g/mol. The molecule has 0 spiro atoms. The van der Waals surface area contributed by atoms with Crippen LogP contribution in [0, 0.1) is 12.8 Å². The zero-order valence-corrected chi connectivity index (χ0v) is 19.4. The molecule has 2 aliphatic heterocycles. The van der Waals surface area contributed by atoms with Crippen molar-refractivity contribution in [3.63, 3.8) is 0 Å². The number of nitrogens with one attached hydrogen (secondary N) is 1. The second-order valence-corrected chi connectivity index (χ2v) is 9.94. The van der Waals surface area contributed by atoms with Crippen molar-refractivity contribution in [3.8, 4) is 11.5 Å². The van der Waals surface area contributed by atoms with Gasteiger partial charge >= 0.3 is 5.97 Å². The number of piperidine rings is 1. The van der Waals surface area contributed by atoms with Gasteiger partial charge < -0.3 is 24.1 Å². The largest absolute Gasteiger partial charge is 0.454 e. The molecular formula is C21H26N4O7S. The molecule has 33 heavy (non-hydrogen) atoms. The monoisotopic (exact) mass is 478 g/mol. The van der Waals surface area contributed by atoms with E-state index in [1.165, 1.54) is 17.4 Å². The van der Waals surface area contributed by atoms with E-state index < -0.39 is 33.9 Å². The Morgan fingerprint density at radius 2 is 1.91 bits per heavy atom. The van der Waals surface area contributed by atoms with Crippen LogP contribution in [-0.2, 0) is 31.4 Å². The molecule has 2 aromatic rings. The first-order chi connectivity index (χ1) is 15.6. The molecule has 1 N–H and O–H groups in total. The minimum absolute atomic E-state index is 0.00247. The number of nitrogens with zero attached hydrogens (tertiary/aromatic N) is 3. The molecule has 12 heteroatoms. The van der Waals surface area contributed by atoms with Gasteiger partial charge in [-0.25, -0.2) is 13.4 Å². The molecular weight excluding hydrogens is 452 g/mol. The average Bonchev–Trinajstić information content (AvgIpc) is 3.39. The zero-order chi connectivity index (χ0) is 23.8. The lowest BCUT2D eigenvalue weighted by molar-refractivity contribution is -0.158. The Hall–Kier alpha value is -3.12. The van der Waals surface area contributed by atoms with Crippen LogP contribution in [0.2, 0.25) is 0 Å². The Kier molecular flexibility index (Phi) is 6.30. The number of hydrogen-bond donors (Lipinski definition) is 1. The van der Waals surface area contributed by atoms with E-state index in [1.54, 1.807) is 36.7 Å². The number of hydrogen-bond acceptors (Lipinski definition) is 8. The van der Waals surface area contributed by atoms with E-state index in [0.29, 0.717) is 35.9 Å². The summed E-state index contributed by atoms with van der Waals surface area (Å²) >= 11 is 0. The van der Waals surface area contributed by atoms with Crippen molar-refractivity contribution >= 4 is 27.6 Å². The van der Waals surface area contributed by atoms with E-state index in [4.69, 9.17) is 14.2 Å². The van der Waals surface area contributed by atoms with E-state index >= 15 is 0 Å². The number of esters is 1. The molecule has 1 aromatic heterocycles. The summed E-state index contributed by atoms with van der Waals surface area (Å²) in [6, 6.07) is 4.98. The van der Waals surface area contributed by atoms with Crippen LogP contribution < -0.4 is 14.8 Å². The Balaban J connectivity index is 1.29. The second kappa shape index (κ2) is 9.02. The molecule has 1 fully saturated rings. The Morgan fingerprint density at radius 3 is 2.58 bits per heavy atom. The van der Waals surface area contributed by atoms with Crippen molar-refractivity contribution in [2.24, 2.45) is 13.0 Å². The maximum atomic E-state index is 12.8. The fourth-order valence-electron chi connectivity index (χ4n) is 3.66. The first-order valence-electron chi connectivity index (χ1n) is 10.6. The van der Waals surface area contributed by atoms with Crippen LogP contribution in [0.25, 0.3) is 0 Å². The number of carbonyl (C=O) groups is 2. The van der Waals surface area contributed by atoms with Crippen LogP contribution in [0.5, 0.6) is 11.5 Å². The van der Waals surface area contributed by atoms with E-state index in [-0.39, 0.29) is 24.9 Å². The minimum atomic E-state index is -3.72. The third-order valence-electron chi connectivity index (χ3n) is 5.78. The van der Waals surface area contributed by atoms with Gasteiger partial charge in [-0.05, 0) is 38.8 Å². The summed E-state index contributed by atoms with van der Waals surface area (Å²) in [7, 11) is -1.99. The highest BCUT2D eigenvalue weighted by atomic mass is 32.2. The van der Waals surface area contributed by atoms with Gasteiger partial charge in [0.05, 0.1) is 5.92 Å². The molecule has 1 amide bonds. The van der Waals surface area contributed by atoms with Crippen molar-refractivity contribution in [3.05, 3.63) is 30.2 Å². The number of fused-ring (bicyclic) bond motifs is 1. The van der Waals surface area contributed by atoms with Crippen LogP contribution in [-0.4, -0.2) is 60.1 Å². The number of rotatable bonds is 6. The molecule has 1 unspecified atom stereocenters. The highest BCUT2D eigenvalue weighted by Crippen LogP contribution is 2.34. The third-order valence-corrected chi connectivity index (χ3v) is 7.55. The molecule has 11 nitrogen and oxygen atoms in total. The van der Waals surface area contributed by atoms with Crippen molar-refractivity contribution in [1.29, 1.82) is 0 Å². The van der Waals surface area contributed by atoms with Gasteiger partial charge in [0.1, 0.15) is 5.82 Å². The molecule has 3 heterocycles. The Labute approximate surface area is 191 Å². The summed E-state index contributed by atoms with van der Waals surface area (Å²) in [5, 5.41) is 2.68. The van der Waals surface area contributed by atoms with Crippen LogP contribution in [0.4, 0.5) is 5.69 Å². The molecule has 1 saturated heterocycles. The summed E-state index contributed by atoms with van der Waals surface area (Å²) in [4.78, 5) is 29.1. The highest BCUT2D eigenvalue weighted by Gasteiger charge is 2.35. The molecule has 0 radical (unpaired) electrons. The highest BCUT2D eigenvalue weighted by molar-refractivity contribution is 7.89. The minimum Gasteiger partial charge on any atom is -0.454 e. The molecule has 0 bridgehead atoms. The fourth-order valence-corrected chi connectivity index (χ4v) is 5.15. The fraction of sp³-hybridized carbons (Fsp3) is 0.476. The quantitative estimate of drug-likeness (QED) is 0.618. The van der Waals surface area contributed by atoms with Crippen molar-refractivity contribution in [2.45, 2.75) is 37.8 Å². The molecule has 4 rings (SSSR count).